The maximum Gasteiger partial charge on any atom is 0.169 e. The summed E-state index contributed by atoms with van der Waals surface area (Å²) >= 11 is 0. The Labute approximate surface area is 126 Å². The number of hydrogen-bond donors (Lipinski definition) is 3. The molecule has 2 aromatic carbocycles. The van der Waals surface area contributed by atoms with Gasteiger partial charge in [-0.15, -0.1) is 0 Å². The summed E-state index contributed by atoms with van der Waals surface area (Å²) in [5.74, 6) is 0.743. The van der Waals surface area contributed by atoms with Crippen LogP contribution in [0.3, 0.4) is 0 Å². The molecule has 0 fully saturated rings. The molecule has 4 heteroatoms. The molecule has 4 N–H and O–H groups in total. The molecule has 0 aromatic heterocycles. The molecule has 0 saturated heterocycles. The first-order valence-electron chi connectivity index (χ1n) is 7.12. The summed E-state index contributed by atoms with van der Waals surface area (Å²) in [7, 11) is 0. The molecule has 4 nitrogen and oxygen atoms in total. The van der Waals surface area contributed by atoms with Crippen molar-refractivity contribution in [1.29, 1.82) is 0 Å². The molecule has 0 aliphatic rings. The lowest BCUT2D eigenvalue weighted by Gasteiger charge is -2.09. The van der Waals surface area contributed by atoms with Crippen LogP contribution in [-0.4, -0.2) is 10.2 Å². The van der Waals surface area contributed by atoms with Crippen molar-refractivity contribution in [3.05, 3.63) is 42.0 Å². The largest absolute Gasteiger partial charge is 0.508 e. The first-order valence-corrected chi connectivity index (χ1v) is 7.12. The minimum absolute atomic E-state index is 0.0108. The van der Waals surface area contributed by atoms with Gasteiger partial charge in [-0.2, -0.15) is 0 Å². The van der Waals surface area contributed by atoms with E-state index in [1.54, 1.807) is 18.2 Å². The minimum atomic E-state index is -0.112. The highest BCUT2D eigenvalue weighted by molar-refractivity contribution is 5.52. The van der Waals surface area contributed by atoms with Gasteiger partial charge in [0.05, 0.1) is 0 Å². The van der Waals surface area contributed by atoms with Gasteiger partial charge in [0.2, 0.25) is 0 Å². The van der Waals surface area contributed by atoms with Gasteiger partial charge in [0, 0.05) is 11.8 Å². The molecule has 0 spiro atoms. The van der Waals surface area contributed by atoms with Crippen LogP contribution in [0.1, 0.15) is 33.3 Å². The Hall–Kier alpha value is -2.36. The molecule has 2 rings (SSSR count). The van der Waals surface area contributed by atoms with E-state index in [4.69, 9.17) is 15.6 Å². The Balaban J connectivity index is 0.000000921. The molecule has 0 amide bonds. The quantitative estimate of drug-likeness (QED) is 0.692. The van der Waals surface area contributed by atoms with Crippen LogP contribution in [0, 0.1) is 6.92 Å². The monoisotopic (exact) mass is 291 g/mol. The molecule has 116 valence electrons. The zero-order chi connectivity index (χ0) is 16.4. The normalized spacial score (nSPS) is 8.81. The van der Waals surface area contributed by atoms with Crippen LogP contribution >= 0.6 is 0 Å². The summed E-state index contributed by atoms with van der Waals surface area (Å²) in [4.78, 5) is 0. The number of nitrogens with two attached hydrogens (primary N) is 1. The van der Waals surface area contributed by atoms with Crippen LogP contribution in [0.25, 0.3) is 0 Å². The molecule has 0 aliphatic heterocycles. The van der Waals surface area contributed by atoms with Crippen LogP contribution < -0.4 is 10.5 Å². The zero-order valence-electron chi connectivity index (χ0n) is 13.3. The Morgan fingerprint density at radius 1 is 0.905 bits per heavy atom. The molecule has 0 bridgehead atoms. The summed E-state index contributed by atoms with van der Waals surface area (Å²) in [6, 6.07) is 9.40. The molecule has 0 heterocycles. The van der Waals surface area contributed by atoms with E-state index in [-0.39, 0.29) is 17.2 Å². The lowest BCUT2D eigenvalue weighted by Crippen LogP contribution is -1.90. The molecule has 0 aliphatic carbocycles. The Morgan fingerprint density at radius 3 is 2.05 bits per heavy atom. The van der Waals surface area contributed by atoms with Gasteiger partial charge in [0.1, 0.15) is 11.5 Å². The van der Waals surface area contributed by atoms with Gasteiger partial charge < -0.3 is 20.7 Å². The molecule has 21 heavy (non-hydrogen) atoms. The summed E-state index contributed by atoms with van der Waals surface area (Å²) in [5.41, 5.74) is 7.28. The molecule has 0 atom stereocenters. The average molecular weight is 291 g/mol. The number of aryl methyl sites for hydroxylation is 1. The summed E-state index contributed by atoms with van der Waals surface area (Å²) < 4.78 is 5.48. The summed E-state index contributed by atoms with van der Waals surface area (Å²) in [6.45, 7) is 9.87. The van der Waals surface area contributed by atoms with Crippen molar-refractivity contribution in [2.75, 3.05) is 5.73 Å². The van der Waals surface area contributed by atoms with Crippen LogP contribution in [0.15, 0.2) is 36.4 Å². The molecular weight excluding hydrogens is 266 g/mol. The fraction of sp³-hybridized carbons (Fsp3) is 0.294. The van der Waals surface area contributed by atoms with Gasteiger partial charge in [-0.25, -0.2) is 0 Å². The lowest BCUT2D eigenvalue weighted by atomic mass is 10.2. The number of anilines is 1. The number of hydrogen-bond acceptors (Lipinski definition) is 4. The standard InChI is InChI=1S/C13H13NO3.2C2H6/c1-8-6-10(3-4-11(8)14)17-13-5-2-9(15)7-12(13)16;2*1-2/h2-7,15-16H,14H2,1H3;2*1-2H3. The van der Waals surface area contributed by atoms with E-state index in [1.807, 2.05) is 34.6 Å². The second-order valence-electron chi connectivity index (χ2n) is 3.77. The maximum absolute atomic E-state index is 9.57. The summed E-state index contributed by atoms with van der Waals surface area (Å²) in [6.07, 6.45) is 0. The average Bonchev–Trinajstić information content (AvgIpc) is 2.50. The molecule has 2 aromatic rings. The third-order valence-electron chi connectivity index (χ3n) is 2.41. The van der Waals surface area contributed by atoms with E-state index in [1.165, 1.54) is 18.2 Å². The molecular formula is C17H25NO3. The SMILES string of the molecule is CC.CC.Cc1cc(Oc2ccc(O)cc2O)ccc1N. The van der Waals surface area contributed by atoms with Crippen LogP contribution in [0.2, 0.25) is 0 Å². The van der Waals surface area contributed by atoms with Gasteiger partial charge in [-0.3, -0.25) is 0 Å². The molecule has 0 saturated carbocycles. The Bertz CT molecular complexity index is 554. The fourth-order valence-corrected chi connectivity index (χ4v) is 1.43. The second-order valence-corrected chi connectivity index (χ2v) is 3.77. The molecule has 0 radical (unpaired) electrons. The number of aromatic hydroxyl groups is 2. The number of benzene rings is 2. The highest BCUT2D eigenvalue weighted by atomic mass is 16.5. The smallest absolute Gasteiger partial charge is 0.169 e. The van der Waals surface area contributed by atoms with E-state index < -0.39 is 0 Å². The molecule has 0 unspecified atom stereocenters. The van der Waals surface area contributed by atoms with Crippen molar-refractivity contribution in [3.63, 3.8) is 0 Å². The highest BCUT2D eigenvalue weighted by Gasteiger charge is 2.05. The van der Waals surface area contributed by atoms with Crippen LogP contribution in [-0.2, 0) is 0 Å². The number of rotatable bonds is 2. The Morgan fingerprint density at radius 2 is 1.52 bits per heavy atom. The number of phenolic OH excluding ortho intramolecular Hbond substituents is 2. The van der Waals surface area contributed by atoms with Crippen molar-refractivity contribution in [1.82, 2.24) is 0 Å². The van der Waals surface area contributed by atoms with E-state index in [0.717, 1.165) is 5.56 Å². The van der Waals surface area contributed by atoms with Gasteiger partial charge in [-0.05, 0) is 42.8 Å². The zero-order valence-corrected chi connectivity index (χ0v) is 13.3. The van der Waals surface area contributed by atoms with Crippen molar-refractivity contribution >= 4 is 5.69 Å². The predicted molar refractivity (Wildman–Crippen MR) is 88.1 cm³/mol. The maximum atomic E-state index is 9.57. The van der Waals surface area contributed by atoms with E-state index in [0.29, 0.717) is 11.4 Å². The van der Waals surface area contributed by atoms with E-state index >= 15 is 0 Å². The van der Waals surface area contributed by atoms with Gasteiger partial charge >= 0.3 is 0 Å². The lowest BCUT2D eigenvalue weighted by molar-refractivity contribution is 0.403. The van der Waals surface area contributed by atoms with Crippen molar-refractivity contribution in [3.8, 4) is 23.0 Å². The van der Waals surface area contributed by atoms with Crippen LogP contribution in [0.5, 0.6) is 23.0 Å². The van der Waals surface area contributed by atoms with Gasteiger partial charge in [0.25, 0.3) is 0 Å². The number of phenols is 2. The minimum Gasteiger partial charge on any atom is -0.508 e. The second kappa shape index (κ2) is 9.53. The van der Waals surface area contributed by atoms with Crippen LogP contribution in [0.4, 0.5) is 5.69 Å². The third kappa shape index (κ3) is 5.65. The van der Waals surface area contributed by atoms with E-state index in [9.17, 15) is 5.11 Å². The Kier molecular flexibility index (Phi) is 8.46. The first-order chi connectivity index (χ1) is 10.1. The van der Waals surface area contributed by atoms with Gasteiger partial charge in [0.15, 0.2) is 11.5 Å². The number of ether oxygens (including phenoxy) is 1. The fourth-order valence-electron chi connectivity index (χ4n) is 1.43. The summed E-state index contributed by atoms with van der Waals surface area (Å²) in [5, 5.41) is 18.7. The van der Waals surface area contributed by atoms with Crippen molar-refractivity contribution in [2.45, 2.75) is 34.6 Å². The topological polar surface area (TPSA) is 75.7 Å². The van der Waals surface area contributed by atoms with Crippen molar-refractivity contribution in [2.24, 2.45) is 0 Å². The third-order valence-corrected chi connectivity index (χ3v) is 2.41. The van der Waals surface area contributed by atoms with Gasteiger partial charge in [-0.1, -0.05) is 27.7 Å². The predicted octanol–water partition coefficient (Wildman–Crippen LogP) is 4.83. The van der Waals surface area contributed by atoms with Crippen molar-refractivity contribution < 1.29 is 14.9 Å². The first kappa shape index (κ1) is 18.6. The van der Waals surface area contributed by atoms with E-state index in [2.05, 4.69) is 0 Å². The highest BCUT2D eigenvalue weighted by Crippen LogP contribution is 2.33. The number of nitrogen functional groups attached to an aromatic ring is 1.